The van der Waals surface area contributed by atoms with Gasteiger partial charge < -0.3 is 4.74 Å². The summed E-state index contributed by atoms with van der Waals surface area (Å²) in [6.45, 7) is 1.77. The molecule has 2 heteroatoms. The molecule has 0 aliphatic rings. The standard InChI is InChI=1S/C12H11NO/c1-10(9-13)3-4-11-5-7-12(14-2)8-6-11/h5-8,10H,1-2H3/t10-/m1/s1. The van der Waals surface area contributed by atoms with Crippen LogP contribution in [0.3, 0.4) is 0 Å². The maximum Gasteiger partial charge on any atom is 0.118 e. The Morgan fingerprint density at radius 2 is 1.93 bits per heavy atom. The van der Waals surface area contributed by atoms with Gasteiger partial charge in [0.15, 0.2) is 0 Å². The summed E-state index contributed by atoms with van der Waals surface area (Å²) in [7, 11) is 1.62. The van der Waals surface area contributed by atoms with Crippen molar-refractivity contribution in [3.05, 3.63) is 29.8 Å². The number of hydrogen-bond acceptors (Lipinski definition) is 2. The first-order valence-electron chi connectivity index (χ1n) is 4.31. The summed E-state index contributed by atoms with van der Waals surface area (Å²) in [4.78, 5) is 0. The number of nitrogens with zero attached hydrogens (tertiary/aromatic N) is 1. The van der Waals surface area contributed by atoms with Crippen molar-refractivity contribution in [1.29, 1.82) is 5.26 Å². The molecule has 0 bridgehead atoms. The second-order valence-corrected chi connectivity index (χ2v) is 2.85. The Morgan fingerprint density at radius 1 is 1.29 bits per heavy atom. The average molecular weight is 185 g/mol. The van der Waals surface area contributed by atoms with Gasteiger partial charge in [-0.1, -0.05) is 11.8 Å². The first kappa shape index (κ1) is 10.2. The summed E-state index contributed by atoms with van der Waals surface area (Å²) < 4.78 is 5.02. The molecule has 0 unspecified atom stereocenters. The van der Waals surface area contributed by atoms with E-state index in [0.29, 0.717) is 0 Å². The molecule has 1 atom stereocenters. The summed E-state index contributed by atoms with van der Waals surface area (Å²) in [6.07, 6.45) is 0. The zero-order valence-corrected chi connectivity index (χ0v) is 8.24. The molecular weight excluding hydrogens is 174 g/mol. The Kier molecular flexibility index (Phi) is 3.58. The van der Waals surface area contributed by atoms with E-state index in [2.05, 4.69) is 17.9 Å². The summed E-state index contributed by atoms with van der Waals surface area (Å²) in [5, 5.41) is 8.52. The number of ether oxygens (including phenoxy) is 1. The van der Waals surface area contributed by atoms with Crippen LogP contribution < -0.4 is 4.74 Å². The Bertz CT molecular complexity index is 389. The summed E-state index contributed by atoms with van der Waals surface area (Å²) in [5.74, 6) is 6.34. The minimum atomic E-state index is -0.225. The van der Waals surface area contributed by atoms with Crippen molar-refractivity contribution in [2.24, 2.45) is 5.92 Å². The van der Waals surface area contributed by atoms with E-state index in [1.54, 1.807) is 14.0 Å². The van der Waals surface area contributed by atoms with E-state index in [4.69, 9.17) is 10.00 Å². The summed E-state index contributed by atoms with van der Waals surface area (Å²) in [6, 6.07) is 9.50. The maximum atomic E-state index is 8.52. The molecule has 0 amide bonds. The van der Waals surface area contributed by atoms with E-state index in [1.807, 2.05) is 24.3 Å². The molecule has 14 heavy (non-hydrogen) atoms. The summed E-state index contributed by atoms with van der Waals surface area (Å²) in [5.41, 5.74) is 0.896. The fraction of sp³-hybridized carbons (Fsp3) is 0.250. The molecule has 1 aromatic rings. The number of benzene rings is 1. The van der Waals surface area contributed by atoms with Crippen LogP contribution in [0.4, 0.5) is 0 Å². The van der Waals surface area contributed by atoms with Crippen molar-refractivity contribution in [2.45, 2.75) is 6.92 Å². The monoisotopic (exact) mass is 185 g/mol. The summed E-state index contributed by atoms with van der Waals surface area (Å²) >= 11 is 0. The molecule has 0 saturated heterocycles. The minimum absolute atomic E-state index is 0.225. The number of methoxy groups -OCH3 is 1. The second-order valence-electron chi connectivity index (χ2n) is 2.85. The van der Waals surface area contributed by atoms with Gasteiger partial charge >= 0.3 is 0 Å². The molecule has 70 valence electrons. The molecular formula is C12H11NO. The number of hydrogen-bond donors (Lipinski definition) is 0. The van der Waals surface area contributed by atoms with Gasteiger partial charge in [-0.2, -0.15) is 5.26 Å². The fourth-order valence-corrected chi connectivity index (χ4v) is 0.898. The lowest BCUT2D eigenvalue weighted by molar-refractivity contribution is 0.415. The fourth-order valence-electron chi connectivity index (χ4n) is 0.898. The lowest BCUT2D eigenvalue weighted by atomic mass is 10.1. The first-order valence-corrected chi connectivity index (χ1v) is 4.31. The smallest absolute Gasteiger partial charge is 0.118 e. The third kappa shape index (κ3) is 2.84. The number of rotatable bonds is 1. The van der Waals surface area contributed by atoms with Gasteiger partial charge in [0.2, 0.25) is 0 Å². The van der Waals surface area contributed by atoms with E-state index < -0.39 is 0 Å². The SMILES string of the molecule is COc1ccc(C#C[C@@H](C)C#N)cc1. The van der Waals surface area contributed by atoms with Crippen molar-refractivity contribution >= 4 is 0 Å². The zero-order chi connectivity index (χ0) is 10.4. The van der Waals surface area contributed by atoms with E-state index in [-0.39, 0.29) is 5.92 Å². The molecule has 0 spiro atoms. The Morgan fingerprint density at radius 3 is 2.43 bits per heavy atom. The quantitative estimate of drug-likeness (QED) is 0.628. The normalized spacial score (nSPS) is 10.6. The van der Waals surface area contributed by atoms with Crippen LogP contribution in [0.25, 0.3) is 0 Å². The minimum Gasteiger partial charge on any atom is -0.497 e. The van der Waals surface area contributed by atoms with Crippen LogP contribution in [0.1, 0.15) is 12.5 Å². The molecule has 0 N–H and O–H groups in total. The van der Waals surface area contributed by atoms with Gasteiger partial charge in [-0.05, 0) is 31.2 Å². The van der Waals surface area contributed by atoms with E-state index in [1.165, 1.54) is 0 Å². The Labute approximate surface area is 84.1 Å². The van der Waals surface area contributed by atoms with Crippen molar-refractivity contribution < 1.29 is 4.74 Å². The third-order valence-corrected chi connectivity index (χ3v) is 1.72. The average Bonchev–Trinajstić information content (AvgIpc) is 2.26. The van der Waals surface area contributed by atoms with Gasteiger partial charge in [0.1, 0.15) is 11.7 Å². The topological polar surface area (TPSA) is 33.0 Å². The Balaban J connectivity index is 2.77. The third-order valence-electron chi connectivity index (χ3n) is 1.72. The van der Waals surface area contributed by atoms with Crippen LogP contribution in [0.15, 0.2) is 24.3 Å². The van der Waals surface area contributed by atoms with Crippen molar-refractivity contribution in [3.8, 4) is 23.7 Å². The molecule has 0 saturated carbocycles. The predicted octanol–water partition coefficient (Wildman–Crippen LogP) is 2.21. The van der Waals surface area contributed by atoms with Crippen LogP contribution in [0.2, 0.25) is 0 Å². The van der Waals surface area contributed by atoms with Gasteiger partial charge in [0.25, 0.3) is 0 Å². The van der Waals surface area contributed by atoms with Gasteiger partial charge in [0, 0.05) is 5.56 Å². The van der Waals surface area contributed by atoms with Crippen LogP contribution in [-0.4, -0.2) is 7.11 Å². The second kappa shape index (κ2) is 4.94. The van der Waals surface area contributed by atoms with Gasteiger partial charge in [0.05, 0.1) is 13.2 Å². The van der Waals surface area contributed by atoms with Gasteiger partial charge in [-0.25, -0.2) is 0 Å². The highest BCUT2D eigenvalue weighted by Crippen LogP contribution is 2.10. The van der Waals surface area contributed by atoms with Crippen LogP contribution >= 0.6 is 0 Å². The lowest BCUT2D eigenvalue weighted by Gasteiger charge is -1.97. The van der Waals surface area contributed by atoms with Gasteiger partial charge in [-0.3, -0.25) is 0 Å². The van der Waals surface area contributed by atoms with E-state index in [9.17, 15) is 0 Å². The lowest BCUT2D eigenvalue weighted by Crippen LogP contribution is -1.84. The van der Waals surface area contributed by atoms with Crippen molar-refractivity contribution in [3.63, 3.8) is 0 Å². The molecule has 0 fully saturated rings. The van der Waals surface area contributed by atoms with Crippen molar-refractivity contribution in [2.75, 3.05) is 7.11 Å². The molecule has 1 rings (SSSR count). The Hall–Kier alpha value is -1.93. The molecule has 1 aromatic carbocycles. The highest BCUT2D eigenvalue weighted by molar-refractivity contribution is 5.38. The van der Waals surface area contributed by atoms with Crippen LogP contribution in [0, 0.1) is 29.1 Å². The molecule has 0 aliphatic heterocycles. The molecule has 0 aliphatic carbocycles. The van der Waals surface area contributed by atoms with Crippen LogP contribution in [0.5, 0.6) is 5.75 Å². The molecule has 2 nitrogen and oxygen atoms in total. The van der Waals surface area contributed by atoms with Crippen molar-refractivity contribution in [1.82, 2.24) is 0 Å². The maximum absolute atomic E-state index is 8.52. The van der Waals surface area contributed by atoms with Crippen LogP contribution in [-0.2, 0) is 0 Å². The van der Waals surface area contributed by atoms with E-state index in [0.717, 1.165) is 11.3 Å². The molecule has 0 heterocycles. The molecule has 0 radical (unpaired) electrons. The highest BCUT2D eigenvalue weighted by atomic mass is 16.5. The number of nitriles is 1. The largest absolute Gasteiger partial charge is 0.497 e. The predicted molar refractivity (Wildman–Crippen MR) is 54.6 cm³/mol. The zero-order valence-electron chi connectivity index (χ0n) is 8.24. The first-order chi connectivity index (χ1) is 6.76. The molecule has 0 aromatic heterocycles. The highest BCUT2D eigenvalue weighted by Gasteiger charge is 1.92. The van der Waals surface area contributed by atoms with Gasteiger partial charge in [-0.15, -0.1) is 0 Å². The van der Waals surface area contributed by atoms with E-state index >= 15 is 0 Å².